The number of carbonyl (C=O) groups is 2. The van der Waals surface area contributed by atoms with E-state index in [0.29, 0.717) is 16.8 Å². The lowest BCUT2D eigenvalue weighted by Crippen LogP contribution is -2.29. The molecular formula is C17H10BrN3O2. The van der Waals surface area contributed by atoms with Crippen LogP contribution in [0.4, 0.5) is 5.69 Å². The molecular weight excluding hydrogens is 358 g/mol. The predicted octanol–water partition coefficient (Wildman–Crippen LogP) is 3.44. The number of benzene rings is 2. The first kappa shape index (κ1) is 13.9. The number of amides is 2. The maximum absolute atomic E-state index is 12.4. The third-order valence-electron chi connectivity index (χ3n) is 3.72. The van der Waals surface area contributed by atoms with Gasteiger partial charge in [0.1, 0.15) is 0 Å². The lowest BCUT2D eigenvalue weighted by Gasteiger charge is -2.14. The van der Waals surface area contributed by atoms with Gasteiger partial charge in [0.25, 0.3) is 11.8 Å². The zero-order valence-corrected chi connectivity index (χ0v) is 13.4. The molecule has 0 atom stereocenters. The Morgan fingerprint density at radius 2 is 1.39 bits per heavy atom. The van der Waals surface area contributed by atoms with Crippen LogP contribution in [0.25, 0.3) is 5.69 Å². The summed E-state index contributed by atoms with van der Waals surface area (Å²) >= 11 is 3.35. The Hall–Kier alpha value is -2.73. The molecule has 6 heteroatoms. The fraction of sp³-hybridized carbons (Fsp3) is 0. The highest BCUT2D eigenvalue weighted by molar-refractivity contribution is 9.10. The van der Waals surface area contributed by atoms with Crippen molar-refractivity contribution in [3.8, 4) is 5.69 Å². The van der Waals surface area contributed by atoms with E-state index >= 15 is 0 Å². The van der Waals surface area contributed by atoms with Gasteiger partial charge in [-0.2, -0.15) is 5.10 Å². The normalized spacial score (nSPS) is 13.5. The first-order valence-electron chi connectivity index (χ1n) is 6.93. The van der Waals surface area contributed by atoms with E-state index in [-0.39, 0.29) is 11.8 Å². The molecule has 0 fully saturated rings. The minimum absolute atomic E-state index is 0.291. The summed E-state index contributed by atoms with van der Waals surface area (Å²) in [6.45, 7) is 0. The molecule has 0 bridgehead atoms. The van der Waals surface area contributed by atoms with E-state index in [2.05, 4.69) is 21.0 Å². The smallest absolute Gasteiger partial charge is 0.266 e. The molecule has 1 aliphatic heterocycles. The highest BCUT2D eigenvalue weighted by atomic mass is 79.9. The number of imide groups is 1. The van der Waals surface area contributed by atoms with Crippen molar-refractivity contribution in [1.29, 1.82) is 0 Å². The Morgan fingerprint density at radius 3 is 1.91 bits per heavy atom. The van der Waals surface area contributed by atoms with Crippen molar-refractivity contribution in [2.75, 3.05) is 4.90 Å². The lowest BCUT2D eigenvalue weighted by molar-refractivity contribution is 0.0926. The highest BCUT2D eigenvalue weighted by Crippen LogP contribution is 2.28. The molecule has 0 N–H and O–H groups in total. The van der Waals surface area contributed by atoms with Crippen LogP contribution in [-0.4, -0.2) is 21.6 Å². The zero-order valence-electron chi connectivity index (χ0n) is 11.8. The summed E-state index contributed by atoms with van der Waals surface area (Å²) in [6.07, 6.45) is 3.52. The van der Waals surface area contributed by atoms with Gasteiger partial charge in [-0.1, -0.05) is 12.1 Å². The van der Waals surface area contributed by atoms with Crippen molar-refractivity contribution in [3.63, 3.8) is 0 Å². The van der Waals surface area contributed by atoms with E-state index in [1.54, 1.807) is 47.3 Å². The molecule has 0 spiro atoms. The molecule has 2 heterocycles. The number of rotatable bonds is 2. The third-order valence-corrected chi connectivity index (χ3v) is 4.13. The van der Waals surface area contributed by atoms with Crippen molar-refractivity contribution in [2.24, 2.45) is 0 Å². The fourth-order valence-electron chi connectivity index (χ4n) is 2.62. The Balaban J connectivity index is 1.70. The molecule has 23 heavy (non-hydrogen) atoms. The topological polar surface area (TPSA) is 55.2 Å². The number of carbonyl (C=O) groups excluding carboxylic acids is 2. The quantitative estimate of drug-likeness (QED) is 0.652. The van der Waals surface area contributed by atoms with E-state index < -0.39 is 0 Å². The van der Waals surface area contributed by atoms with Crippen LogP contribution in [0.1, 0.15) is 20.7 Å². The number of fused-ring (bicyclic) bond motifs is 1. The fourth-order valence-corrected chi connectivity index (χ4v) is 2.91. The largest absolute Gasteiger partial charge is 0.268 e. The summed E-state index contributed by atoms with van der Waals surface area (Å²) in [6, 6.07) is 14.0. The van der Waals surface area contributed by atoms with Gasteiger partial charge in [0, 0.05) is 6.20 Å². The van der Waals surface area contributed by atoms with Gasteiger partial charge in [-0.25, -0.2) is 9.58 Å². The van der Waals surface area contributed by atoms with Crippen molar-refractivity contribution in [2.45, 2.75) is 0 Å². The monoisotopic (exact) mass is 367 g/mol. The van der Waals surface area contributed by atoms with Crippen LogP contribution in [0, 0.1) is 0 Å². The number of hydrogen-bond donors (Lipinski definition) is 0. The summed E-state index contributed by atoms with van der Waals surface area (Å²) in [5.74, 6) is -0.583. The van der Waals surface area contributed by atoms with Gasteiger partial charge in [0.05, 0.1) is 33.2 Å². The summed E-state index contributed by atoms with van der Waals surface area (Å²) in [4.78, 5) is 26.1. The Labute approximate surface area is 140 Å². The van der Waals surface area contributed by atoms with Gasteiger partial charge >= 0.3 is 0 Å². The van der Waals surface area contributed by atoms with Crippen LogP contribution < -0.4 is 4.90 Å². The number of aromatic nitrogens is 2. The molecule has 0 aliphatic carbocycles. The van der Waals surface area contributed by atoms with Crippen LogP contribution in [-0.2, 0) is 0 Å². The van der Waals surface area contributed by atoms with E-state index in [1.165, 1.54) is 4.90 Å². The lowest BCUT2D eigenvalue weighted by atomic mass is 10.1. The second-order valence-corrected chi connectivity index (χ2v) is 6.03. The van der Waals surface area contributed by atoms with E-state index in [4.69, 9.17) is 0 Å². The second-order valence-electron chi connectivity index (χ2n) is 5.11. The summed E-state index contributed by atoms with van der Waals surface area (Å²) in [5, 5.41) is 4.20. The van der Waals surface area contributed by atoms with E-state index in [0.717, 1.165) is 10.2 Å². The van der Waals surface area contributed by atoms with Gasteiger partial charge in [-0.15, -0.1) is 0 Å². The average Bonchev–Trinajstić information content (AvgIpc) is 3.11. The first-order chi connectivity index (χ1) is 11.1. The van der Waals surface area contributed by atoms with Crippen LogP contribution in [0.3, 0.4) is 0 Å². The van der Waals surface area contributed by atoms with Crippen molar-refractivity contribution >= 4 is 33.4 Å². The molecule has 4 rings (SSSR count). The standard InChI is InChI=1S/C17H10BrN3O2/c18-11-9-19-20(10-11)12-5-7-13(8-6-12)21-16(22)14-3-1-2-4-15(14)17(21)23/h1-10H. The van der Waals surface area contributed by atoms with E-state index in [1.807, 2.05) is 18.3 Å². The van der Waals surface area contributed by atoms with Crippen LogP contribution in [0.15, 0.2) is 65.4 Å². The zero-order chi connectivity index (χ0) is 16.0. The average molecular weight is 368 g/mol. The molecule has 2 aromatic carbocycles. The summed E-state index contributed by atoms with van der Waals surface area (Å²) < 4.78 is 2.58. The highest BCUT2D eigenvalue weighted by Gasteiger charge is 2.36. The van der Waals surface area contributed by atoms with Gasteiger partial charge < -0.3 is 0 Å². The SMILES string of the molecule is O=C1c2ccccc2C(=O)N1c1ccc(-n2cc(Br)cn2)cc1. The van der Waals surface area contributed by atoms with Crippen LogP contribution in [0.5, 0.6) is 0 Å². The second kappa shape index (κ2) is 5.17. The Bertz CT molecular complexity index is 896. The number of halogens is 1. The molecule has 0 saturated carbocycles. The minimum Gasteiger partial charge on any atom is -0.268 e. The Kier molecular flexibility index (Phi) is 3.12. The molecule has 1 aliphatic rings. The maximum Gasteiger partial charge on any atom is 0.266 e. The number of nitrogens with zero attached hydrogens (tertiary/aromatic N) is 3. The summed E-state index contributed by atoms with van der Waals surface area (Å²) in [5.41, 5.74) is 2.28. The molecule has 0 saturated heterocycles. The molecule has 3 aromatic rings. The number of hydrogen-bond acceptors (Lipinski definition) is 3. The Morgan fingerprint density at radius 1 is 0.826 bits per heavy atom. The van der Waals surface area contributed by atoms with Crippen LogP contribution in [0.2, 0.25) is 0 Å². The predicted molar refractivity (Wildman–Crippen MR) is 88.8 cm³/mol. The molecule has 1 aromatic heterocycles. The van der Waals surface area contributed by atoms with Gasteiger partial charge in [-0.05, 0) is 52.3 Å². The molecule has 5 nitrogen and oxygen atoms in total. The minimum atomic E-state index is -0.291. The van der Waals surface area contributed by atoms with Crippen molar-refractivity contribution in [3.05, 3.63) is 76.5 Å². The van der Waals surface area contributed by atoms with Crippen LogP contribution >= 0.6 is 15.9 Å². The first-order valence-corrected chi connectivity index (χ1v) is 7.73. The van der Waals surface area contributed by atoms with E-state index in [9.17, 15) is 9.59 Å². The van der Waals surface area contributed by atoms with Gasteiger partial charge in [0.2, 0.25) is 0 Å². The van der Waals surface area contributed by atoms with Gasteiger partial charge in [0.15, 0.2) is 0 Å². The third kappa shape index (κ3) is 2.19. The van der Waals surface area contributed by atoms with Crippen molar-refractivity contribution in [1.82, 2.24) is 9.78 Å². The number of anilines is 1. The maximum atomic E-state index is 12.4. The molecule has 0 radical (unpaired) electrons. The van der Waals surface area contributed by atoms with Crippen molar-refractivity contribution < 1.29 is 9.59 Å². The summed E-state index contributed by atoms with van der Waals surface area (Å²) in [7, 11) is 0. The van der Waals surface area contributed by atoms with Gasteiger partial charge in [-0.3, -0.25) is 9.59 Å². The molecule has 0 unspecified atom stereocenters. The molecule has 112 valence electrons. The molecule has 2 amide bonds.